The summed E-state index contributed by atoms with van der Waals surface area (Å²) in [5.74, 6) is 0. The van der Waals surface area contributed by atoms with E-state index in [1.165, 1.54) is 0 Å². The number of benzene rings is 9. The lowest BCUT2D eigenvalue weighted by Gasteiger charge is -2.19. The third kappa shape index (κ3) is 3.85. The van der Waals surface area contributed by atoms with Gasteiger partial charge in [-0.05, 0) is 99.3 Å². The van der Waals surface area contributed by atoms with Crippen molar-refractivity contribution < 1.29 is 37.0 Å². The molecule has 9 aromatic carbocycles. The highest BCUT2D eigenvalue weighted by Crippen LogP contribution is 2.45. The second kappa shape index (κ2) is 9.93. The highest BCUT2D eigenvalue weighted by molar-refractivity contribution is 6.24. The summed E-state index contributed by atoms with van der Waals surface area (Å²) < 4.78 is 241. The van der Waals surface area contributed by atoms with E-state index in [-0.39, 0.29) is 0 Å². The number of hydrogen-bond acceptors (Lipinski definition) is 0. The van der Waals surface area contributed by atoms with Gasteiger partial charge in [0, 0.05) is 0 Å². The zero-order chi connectivity index (χ0) is 52.5. The second-order valence-electron chi connectivity index (χ2n) is 9.58. The van der Waals surface area contributed by atoms with Crippen molar-refractivity contribution in [3.05, 3.63) is 169 Å². The molecule has 9 aromatic rings. The lowest BCUT2D eigenvalue weighted by molar-refractivity contribution is 1.65. The minimum absolute atomic E-state index is 0.439. The van der Waals surface area contributed by atoms with Crippen LogP contribution in [0.4, 0.5) is 0 Å². The molecule has 0 bridgehead atoms. The molecule has 0 nitrogen and oxygen atoms in total. The molecule has 0 aliphatic carbocycles. The molecule has 0 amide bonds. The molecular formula is C44H28. The Bertz CT molecular complexity index is 4030. The molecule has 0 saturated heterocycles. The fourth-order valence-corrected chi connectivity index (χ4v) is 5.32. The maximum absolute atomic E-state index is 9.78. The Morgan fingerprint density at radius 2 is 0.864 bits per heavy atom. The molecule has 0 heteroatoms. The lowest BCUT2D eigenvalue weighted by atomic mass is 9.84. The van der Waals surface area contributed by atoms with E-state index < -0.39 is 250 Å². The Kier molecular flexibility index (Phi) is 2.24. The van der Waals surface area contributed by atoms with E-state index in [1.54, 1.807) is 0 Å². The van der Waals surface area contributed by atoms with Crippen LogP contribution in [0.3, 0.4) is 0 Å². The molecule has 0 aliphatic rings. The smallest absolute Gasteiger partial charge is 0.0622 e. The van der Waals surface area contributed by atoms with Gasteiger partial charge in [-0.25, -0.2) is 0 Å². The molecule has 0 saturated carbocycles. The van der Waals surface area contributed by atoms with E-state index in [1.807, 2.05) is 0 Å². The van der Waals surface area contributed by atoms with Gasteiger partial charge in [-0.3, -0.25) is 0 Å². The van der Waals surface area contributed by atoms with Crippen LogP contribution in [0.2, 0.25) is 0 Å². The molecule has 0 unspecified atom stereocenters. The van der Waals surface area contributed by atoms with Gasteiger partial charge >= 0.3 is 0 Å². The van der Waals surface area contributed by atoms with Crippen molar-refractivity contribution in [2.45, 2.75) is 0 Å². The first-order valence-corrected chi connectivity index (χ1v) is 13.1. The number of rotatable bonds is 3. The van der Waals surface area contributed by atoms with Crippen LogP contribution >= 0.6 is 0 Å². The standard InChI is InChI=1S/C44H28/c1-2-11-29(12-3-1)31-23-25-36-32(27-31)21-22-33-28-34(24-26-37(33)36)43-39-16-6-8-18-41(39)44(42-19-9-7-17-40(42)43)38-20-10-14-30-13-4-5-15-35(30)38/h1-28H/i1D,2D,3D,4D,5D,6D,7D,8D,9D,10D,11D,12D,13D,14D,15D,16D,17D,18D,20D,21D,22D,23D,24D,25D,26D,27D,28D. The first kappa shape index (κ1) is 9.91. The average molecular weight is 584 g/mol. The van der Waals surface area contributed by atoms with E-state index in [0.29, 0.717) is 0 Å². The second-order valence-corrected chi connectivity index (χ2v) is 9.58. The van der Waals surface area contributed by atoms with E-state index in [4.69, 9.17) is 21.9 Å². The minimum Gasteiger partial charge on any atom is -0.0622 e. The summed E-state index contributed by atoms with van der Waals surface area (Å²) in [6, 6.07) is -22.7. The highest BCUT2D eigenvalue weighted by atomic mass is 14.2. The molecule has 0 aromatic heterocycles. The Hall–Kier alpha value is -5.72. The Labute approximate surface area is 294 Å². The molecular weight excluding hydrogens is 528 g/mol. The van der Waals surface area contributed by atoms with Gasteiger partial charge in [0.25, 0.3) is 0 Å². The minimum atomic E-state index is -0.996. The van der Waals surface area contributed by atoms with Crippen LogP contribution in [-0.4, -0.2) is 0 Å². The van der Waals surface area contributed by atoms with Crippen molar-refractivity contribution in [1.82, 2.24) is 0 Å². The predicted octanol–water partition coefficient (Wildman–Crippen LogP) is 12.5. The van der Waals surface area contributed by atoms with Gasteiger partial charge in [0.15, 0.2) is 0 Å². The van der Waals surface area contributed by atoms with Crippen molar-refractivity contribution >= 4 is 53.9 Å². The lowest BCUT2D eigenvalue weighted by Crippen LogP contribution is -1.91. The van der Waals surface area contributed by atoms with Crippen LogP contribution in [0.25, 0.3) is 87.2 Å². The molecule has 0 heterocycles. The molecule has 0 aliphatic heterocycles. The maximum atomic E-state index is 9.78. The van der Waals surface area contributed by atoms with Crippen molar-refractivity contribution in [1.29, 1.82) is 0 Å². The molecule has 0 N–H and O–H groups in total. The zero-order valence-corrected chi connectivity index (χ0v) is 22.1. The zero-order valence-electron chi connectivity index (χ0n) is 49.1. The van der Waals surface area contributed by atoms with Gasteiger partial charge < -0.3 is 0 Å². The third-order valence-corrected chi connectivity index (χ3v) is 7.20. The summed E-state index contributed by atoms with van der Waals surface area (Å²) in [5.41, 5.74) is -3.86. The molecule has 0 radical (unpaired) electrons. The quantitative estimate of drug-likeness (QED) is 0.143. The normalized spacial score (nSPS) is 20.2. The van der Waals surface area contributed by atoms with Gasteiger partial charge in [-0.2, -0.15) is 0 Å². The van der Waals surface area contributed by atoms with Crippen molar-refractivity contribution in [2.75, 3.05) is 0 Å². The van der Waals surface area contributed by atoms with Gasteiger partial charge in [0.05, 0.1) is 37.0 Å². The summed E-state index contributed by atoms with van der Waals surface area (Å²) in [7, 11) is 0. The van der Waals surface area contributed by atoms with Crippen LogP contribution in [0, 0.1) is 0 Å². The fraction of sp³-hybridized carbons (Fsp3) is 0. The van der Waals surface area contributed by atoms with E-state index >= 15 is 0 Å². The molecule has 0 fully saturated rings. The van der Waals surface area contributed by atoms with Gasteiger partial charge in [-0.15, -0.1) is 0 Å². The van der Waals surface area contributed by atoms with Crippen LogP contribution < -0.4 is 0 Å². The Balaban J connectivity index is 1.56. The van der Waals surface area contributed by atoms with Crippen molar-refractivity contribution in [3.8, 4) is 33.4 Å². The van der Waals surface area contributed by atoms with Gasteiger partial charge in [-0.1, -0.05) is 157 Å². The van der Waals surface area contributed by atoms with E-state index in [2.05, 4.69) is 0 Å². The van der Waals surface area contributed by atoms with Gasteiger partial charge in [0.2, 0.25) is 0 Å². The van der Waals surface area contributed by atoms with Crippen LogP contribution in [-0.2, 0) is 0 Å². The summed E-state index contributed by atoms with van der Waals surface area (Å²) in [6.07, 6.45) is 0. The molecule has 0 atom stereocenters. The molecule has 204 valence electrons. The first-order valence-electron chi connectivity index (χ1n) is 26.6. The topological polar surface area (TPSA) is 0 Å². The fourth-order valence-electron chi connectivity index (χ4n) is 5.32. The van der Waals surface area contributed by atoms with E-state index in [9.17, 15) is 15.1 Å². The SMILES string of the molecule is [2H]c1cc2c(-c3c([2H])c([2H])c([2H])c4c([2H])c([2H])c([2H])c([2H])c34)c3c([2H])c([2H])c([2H])c([2H])c3c(-c3c([2H])c([2H])c4c(c3[2H])c([2H])c([2H])c3c([2H])c(-c5c([2H])c([2H])c([2H])c([2H])c5[2H])c([2H])c([2H])c34)c2c([2H])c1[2H]. The largest absolute Gasteiger partial charge is 0.0636 e. The average Bonchev–Trinajstić information content (AvgIpc) is 3.33. The summed E-state index contributed by atoms with van der Waals surface area (Å²) in [5, 5.41) is -5.91. The Morgan fingerprint density at radius 3 is 1.64 bits per heavy atom. The van der Waals surface area contributed by atoms with Crippen LogP contribution in [0.5, 0.6) is 0 Å². The van der Waals surface area contributed by atoms with Crippen LogP contribution in [0.1, 0.15) is 37.0 Å². The van der Waals surface area contributed by atoms with Crippen molar-refractivity contribution in [3.63, 3.8) is 0 Å². The van der Waals surface area contributed by atoms with E-state index in [0.717, 1.165) is 6.07 Å². The predicted molar refractivity (Wildman–Crippen MR) is 190 cm³/mol. The van der Waals surface area contributed by atoms with Crippen molar-refractivity contribution in [2.24, 2.45) is 0 Å². The summed E-state index contributed by atoms with van der Waals surface area (Å²) in [6.45, 7) is 0. The van der Waals surface area contributed by atoms with Gasteiger partial charge in [0.1, 0.15) is 0 Å². The third-order valence-electron chi connectivity index (χ3n) is 7.20. The summed E-state index contributed by atoms with van der Waals surface area (Å²) in [4.78, 5) is 0. The Morgan fingerprint density at radius 1 is 0.295 bits per heavy atom. The highest BCUT2D eigenvalue weighted by Gasteiger charge is 2.18. The molecule has 9 rings (SSSR count). The number of fused-ring (bicyclic) bond motifs is 6. The molecule has 0 spiro atoms. The monoisotopic (exact) mass is 583 g/mol. The molecule has 44 heavy (non-hydrogen) atoms. The van der Waals surface area contributed by atoms with Crippen LogP contribution in [0.15, 0.2) is 169 Å². The summed E-state index contributed by atoms with van der Waals surface area (Å²) >= 11 is 0. The maximum Gasteiger partial charge on any atom is 0.0636 e. The number of hydrogen-bond donors (Lipinski definition) is 0. The first-order chi connectivity index (χ1) is 33.1.